The van der Waals surface area contributed by atoms with Gasteiger partial charge in [0.2, 0.25) is 0 Å². The number of H-pyrrole nitrogens is 1. The summed E-state index contributed by atoms with van der Waals surface area (Å²) < 4.78 is 0.810. The smallest absolute Gasteiger partial charge is 0.407 e. The fraction of sp³-hybridized carbons (Fsp3) is 0.552. The summed E-state index contributed by atoms with van der Waals surface area (Å²) in [6.45, 7) is 14.5. The second kappa shape index (κ2) is 11.9. The highest BCUT2D eigenvalue weighted by Gasteiger charge is 2.37. The number of carbonyl (C=O) groups excluding carboxylic acids is 1. The van der Waals surface area contributed by atoms with Crippen molar-refractivity contribution in [1.29, 1.82) is 0 Å². The number of carboxylic acid groups (broad SMARTS) is 1. The van der Waals surface area contributed by atoms with Crippen molar-refractivity contribution in [1.82, 2.24) is 15.2 Å². The van der Waals surface area contributed by atoms with Crippen LogP contribution in [0.2, 0.25) is 0 Å². The molecule has 0 aliphatic heterocycles. The van der Waals surface area contributed by atoms with Crippen molar-refractivity contribution in [3.05, 3.63) is 61.0 Å². The summed E-state index contributed by atoms with van der Waals surface area (Å²) in [6.07, 6.45) is 2.49. The number of amides is 2. The van der Waals surface area contributed by atoms with Gasteiger partial charge in [-0.15, -0.1) is 0 Å². The molecule has 1 aliphatic rings. The number of aryl methyl sites for hydroxylation is 2. The van der Waals surface area contributed by atoms with Gasteiger partial charge in [0, 0.05) is 57.7 Å². The molecule has 3 N–H and O–H groups in total. The molecule has 0 saturated heterocycles. The van der Waals surface area contributed by atoms with E-state index in [1.807, 2.05) is 53.7 Å². The maximum absolute atomic E-state index is 13.3. The summed E-state index contributed by atoms with van der Waals surface area (Å²) >= 11 is 3.60. The van der Waals surface area contributed by atoms with Gasteiger partial charge in [-0.1, -0.05) is 15.9 Å². The highest BCUT2D eigenvalue weighted by atomic mass is 79.9. The molecule has 1 aromatic heterocycles. The predicted octanol–water partition coefficient (Wildman–Crippen LogP) is 5.91. The maximum atomic E-state index is 13.3. The van der Waals surface area contributed by atoms with E-state index >= 15 is 0 Å². The minimum atomic E-state index is -0.866. The fourth-order valence-corrected chi connectivity index (χ4v) is 6.25. The Morgan fingerprint density at radius 1 is 1.08 bits per heavy atom. The Morgan fingerprint density at radius 2 is 1.68 bits per heavy atom. The highest BCUT2D eigenvalue weighted by Crippen LogP contribution is 2.35. The van der Waals surface area contributed by atoms with Crippen molar-refractivity contribution in [2.75, 3.05) is 11.4 Å². The number of pyridine rings is 1. The molecule has 208 valence electrons. The van der Waals surface area contributed by atoms with Crippen LogP contribution in [-0.4, -0.2) is 51.2 Å². The van der Waals surface area contributed by atoms with Gasteiger partial charge in [-0.3, -0.25) is 9.59 Å². The number of hydrogen-bond donors (Lipinski definition) is 3. The third-order valence-electron chi connectivity index (χ3n) is 7.56. The van der Waals surface area contributed by atoms with Gasteiger partial charge in [0.25, 0.3) is 11.5 Å². The SMILES string of the molecule is CCN(c1cc(Br)cc(C(=O)NCc2c(C)cc(C)[nH]c2=O)c1C)C1CCC(N(C(=O)O)C(C)(C)C)CC1. The Labute approximate surface area is 233 Å². The topological polar surface area (TPSA) is 106 Å². The molecular weight excluding hydrogens is 548 g/mol. The number of nitrogens with zero attached hydrogens (tertiary/aromatic N) is 2. The van der Waals surface area contributed by atoms with E-state index in [1.54, 1.807) is 4.90 Å². The number of aromatic nitrogens is 1. The zero-order valence-corrected chi connectivity index (χ0v) is 25.2. The number of carbonyl (C=O) groups is 2. The van der Waals surface area contributed by atoms with Gasteiger partial charge in [0.15, 0.2) is 0 Å². The van der Waals surface area contributed by atoms with Crippen LogP contribution in [0.15, 0.2) is 27.5 Å². The van der Waals surface area contributed by atoms with Crippen molar-refractivity contribution >= 4 is 33.6 Å². The van der Waals surface area contributed by atoms with E-state index in [1.165, 1.54) is 0 Å². The molecule has 38 heavy (non-hydrogen) atoms. The Hall–Kier alpha value is -2.81. The average molecular weight is 590 g/mol. The number of halogens is 1. The first-order valence-corrected chi connectivity index (χ1v) is 14.1. The summed E-state index contributed by atoms with van der Waals surface area (Å²) in [5.41, 5.74) is 3.99. The monoisotopic (exact) mass is 588 g/mol. The van der Waals surface area contributed by atoms with Crippen LogP contribution < -0.4 is 15.8 Å². The number of anilines is 1. The van der Waals surface area contributed by atoms with Crippen LogP contribution in [0, 0.1) is 20.8 Å². The van der Waals surface area contributed by atoms with Crippen molar-refractivity contribution in [3.8, 4) is 0 Å². The molecule has 3 rings (SSSR count). The van der Waals surface area contributed by atoms with Crippen molar-refractivity contribution in [3.63, 3.8) is 0 Å². The van der Waals surface area contributed by atoms with Crippen LogP contribution >= 0.6 is 15.9 Å². The number of benzene rings is 1. The molecule has 8 nitrogen and oxygen atoms in total. The van der Waals surface area contributed by atoms with Crippen LogP contribution in [-0.2, 0) is 6.54 Å². The van der Waals surface area contributed by atoms with E-state index < -0.39 is 11.6 Å². The summed E-state index contributed by atoms with van der Waals surface area (Å²) in [4.78, 5) is 44.4. The Kier molecular flexibility index (Phi) is 9.34. The molecule has 0 radical (unpaired) electrons. The van der Waals surface area contributed by atoms with E-state index in [0.717, 1.165) is 59.2 Å². The van der Waals surface area contributed by atoms with Crippen LogP contribution in [0.4, 0.5) is 10.5 Å². The zero-order valence-electron chi connectivity index (χ0n) is 23.6. The van der Waals surface area contributed by atoms with Gasteiger partial charge in [0.1, 0.15) is 0 Å². The first-order chi connectivity index (χ1) is 17.7. The lowest BCUT2D eigenvalue weighted by atomic mass is 9.86. The normalized spacial score (nSPS) is 17.7. The molecule has 0 bridgehead atoms. The molecule has 1 heterocycles. The van der Waals surface area contributed by atoms with E-state index in [9.17, 15) is 19.5 Å². The number of aromatic amines is 1. The fourth-order valence-electron chi connectivity index (χ4n) is 5.81. The summed E-state index contributed by atoms with van der Waals surface area (Å²) in [7, 11) is 0. The summed E-state index contributed by atoms with van der Waals surface area (Å²) in [5.74, 6) is -0.230. The van der Waals surface area contributed by atoms with Crippen molar-refractivity contribution in [2.24, 2.45) is 0 Å². The van der Waals surface area contributed by atoms with Crippen LogP contribution in [0.25, 0.3) is 0 Å². The average Bonchev–Trinajstić information content (AvgIpc) is 2.80. The first-order valence-electron chi connectivity index (χ1n) is 13.3. The molecule has 1 aromatic carbocycles. The van der Waals surface area contributed by atoms with Gasteiger partial charge >= 0.3 is 6.09 Å². The van der Waals surface area contributed by atoms with Gasteiger partial charge in [-0.2, -0.15) is 0 Å². The molecule has 2 aromatic rings. The predicted molar refractivity (Wildman–Crippen MR) is 155 cm³/mol. The van der Waals surface area contributed by atoms with Crippen molar-refractivity contribution < 1.29 is 14.7 Å². The van der Waals surface area contributed by atoms with Gasteiger partial charge in [-0.25, -0.2) is 4.79 Å². The minimum Gasteiger partial charge on any atom is -0.465 e. The van der Waals surface area contributed by atoms with E-state index in [-0.39, 0.29) is 30.1 Å². The number of nitrogens with one attached hydrogen (secondary N) is 2. The van der Waals surface area contributed by atoms with E-state index in [2.05, 4.69) is 44.1 Å². The van der Waals surface area contributed by atoms with Gasteiger partial charge < -0.3 is 25.2 Å². The van der Waals surface area contributed by atoms with Crippen LogP contribution in [0.3, 0.4) is 0 Å². The van der Waals surface area contributed by atoms with Crippen LogP contribution in [0.5, 0.6) is 0 Å². The van der Waals surface area contributed by atoms with Gasteiger partial charge in [-0.05, 0) is 103 Å². The maximum Gasteiger partial charge on any atom is 0.407 e. The molecule has 0 atom stereocenters. The third kappa shape index (κ3) is 6.60. The molecule has 1 fully saturated rings. The standard InChI is InChI=1S/C29H41BrN4O4/c1-8-33(21-9-11-22(12-10-21)34(28(37)38)29(5,6)7)25-15-20(30)14-23(19(25)4)26(35)31-16-24-17(2)13-18(3)32-27(24)36/h13-15,21-22H,8-12,16H2,1-7H3,(H,31,35)(H,32,36)(H,37,38). The van der Waals surface area contributed by atoms with Crippen molar-refractivity contribution in [2.45, 2.75) is 98.3 Å². The quantitative estimate of drug-likeness (QED) is 0.373. The zero-order chi connectivity index (χ0) is 28.4. The molecule has 0 unspecified atom stereocenters. The highest BCUT2D eigenvalue weighted by molar-refractivity contribution is 9.10. The van der Waals surface area contributed by atoms with E-state index in [0.29, 0.717) is 11.1 Å². The molecular formula is C29H41BrN4O4. The van der Waals surface area contributed by atoms with E-state index in [4.69, 9.17) is 0 Å². The second-order valence-corrected chi connectivity index (χ2v) is 12.2. The molecule has 1 aliphatic carbocycles. The molecule has 0 spiro atoms. The molecule has 2 amide bonds. The lowest BCUT2D eigenvalue weighted by Gasteiger charge is -2.45. The molecule has 1 saturated carbocycles. The Morgan fingerprint density at radius 3 is 2.21 bits per heavy atom. The largest absolute Gasteiger partial charge is 0.465 e. The third-order valence-corrected chi connectivity index (χ3v) is 8.02. The Bertz CT molecular complexity index is 1240. The summed E-state index contributed by atoms with van der Waals surface area (Å²) in [5, 5.41) is 12.8. The minimum absolute atomic E-state index is 0.000725. The summed E-state index contributed by atoms with van der Waals surface area (Å²) in [6, 6.07) is 6.02. The molecule has 9 heteroatoms. The Balaban J connectivity index is 1.80. The number of rotatable bonds is 7. The lowest BCUT2D eigenvalue weighted by Crippen LogP contribution is -2.53. The van der Waals surface area contributed by atoms with Gasteiger partial charge in [0.05, 0.1) is 0 Å². The lowest BCUT2D eigenvalue weighted by molar-refractivity contribution is 0.0545. The van der Waals surface area contributed by atoms with Crippen LogP contribution in [0.1, 0.15) is 86.1 Å². The number of hydrogen-bond acceptors (Lipinski definition) is 4. The second-order valence-electron chi connectivity index (χ2n) is 11.3. The first kappa shape index (κ1) is 29.7.